The van der Waals surface area contributed by atoms with Crippen molar-refractivity contribution in [1.82, 2.24) is 5.32 Å². The minimum Gasteiger partial charge on any atom is -0.484 e. The van der Waals surface area contributed by atoms with Crippen molar-refractivity contribution in [3.8, 4) is 5.75 Å². The molecule has 0 bridgehead atoms. The maximum absolute atomic E-state index is 12.1. The van der Waals surface area contributed by atoms with E-state index >= 15 is 0 Å². The number of carboxylic acid groups (broad SMARTS) is 1. The molecule has 0 aromatic heterocycles. The second-order valence-corrected chi connectivity index (χ2v) is 6.04. The number of hydrogen-bond donors (Lipinski definition) is 2. The van der Waals surface area contributed by atoms with E-state index in [-0.39, 0.29) is 18.6 Å². The molecule has 0 spiro atoms. The quantitative estimate of drug-likeness (QED) is 0.791. The van der Waals surface area contributed by atoms with E-state index in [9.17, 15) is 14.7 Å². The van der Waals surface area contributed by atoms with E-state index in [1.807, 2.05) is 24.3 Å². The van der Waals surface area contributed by atoms with Gasteiger partial charge < -0.3 is 15.2 Å². The largest absolute Gasteiger partial charge is 0.484 e. The topological polar surface area (TPSA) is 75.6 Å². The minimum atomic E-state index is -0.826. The van der Waals surface area contributed by atoms with Crippen molar-refractivity contribution >= 4 is 11.9 Å². The van der Waals surface area contributed by atoms with Crippen molar-refractivity contribution in [2.75, 3.05) is 6.61 Å². The minimum absolute atomic E-state index is 0.0890. The molecular formula is C18H25NO4. The van der Waals surface area contributed by atoms with Crippen LogP contribution in [0, 0.1) is 5.92 Å². The molecule has 0 aliphatic heterocycles. The van der Waals surface area contributed by atoms with Gasteiger partial charge in [-0.15, -0.1) is 0 Å². The summed E-state index contributed by atoms with van der Waals surface area (Å²) < 4.78 is 5.48. The highest BCUT2D eigenvalue weighted by atomic mass is 16.5. The number of hydrogen-bond acceptors (Lipinski definition) is 3. The number of nitrogens with one attached hydrogen (secondary N) is 1. The number of ether oxygens (including phenoxy) is 1. The summed E-state index contributed by atoms with van der Waals surface area (Å²) >= 11 is 0. The number of carbonyl (C=O) groups is 2. The molecule has 1 aliphatic carbocycles. The number of carboxylic acids is 1. The summed E-state index contributed by atoms with van der Waals surface area (Å²) in [5, 5.41) is 12.2. The fourth-order valence-electron chi connectivity index (χ4n) is 2.99. The predicted octanol–water partition coefficient (Wildman–Crippen LogP) is 2.78. The molecule has 1 aromatic carbocycles. The van der Waals surface area contributed by atoms with Crippen molar-refractivity contribution < 1.29 is 19.4 Å². The van der Waals surface area contributed by atoms with E-state index in [0.717, 1.165) is 25.7 Å². The van der Waals surface area contributed by atoms with Crippen LogP contribution in [0.25, 0.3) is 0 Å². The standard InChI is InChI=1S/C18H25NO4/c1-2-13-8-10-14(11-9-13)23-12-17(20)19-16-7-5-3-4-6-15(16)18(21)22/h8-11,15-16H,2-7,12H2,1H3,(H,19,20)(H,21,22)/t15-,16+/m1/s1. The molecule has 0 heterocycles. The zero-order valence-electron chi connectivity index (χ0n) is 13.6. The first-order chi connectivity index (χ1) is 11.1. The second-order valence-electron chi connectivity index (χ2n) is 6.04. The number of amides is 1. The lowest BCUT2D eigenvalue weighted by Crippen LogP contribution is -2.44. The van der Waals surface area contributed by atoms with Crippen LogP contribution in [0.1, 0.15) is 44.6 Å². The van der Waals surface area contributed by atoms with Crippen LogP contribution in [-0.4, -0.2) is 29.6 Å². The van der Waals surface area contributed by atoms with Crippen LogP contribution < -0.4 is 10.1 Å². The lowest BCUT2D eigenvalue weighted by atomic mass is 9.95. The number of aliphatic carboxylic acids is 1. The van der Waals surface area contributed by atoms with Crippen molar-refractivity contribution in [2.24, 2.45) is 5.92 Å². The average Bonchev–Trinajstić information content (AvgIpc) is 2.79. The highest BCUT2D eigenvalue weighted by Gasteiger charge is 2.30. The summed E-state index contributed by atoms with van der Waals surface area (Å²) in [6, 6.07) is 7.33. The Kier molecular flexibility index (Phi) is 6.44. The zero-order valence-corrected chi connectivity index (χ0v) is 13.6. The summed E-state index contributed by atoms with van der Waals surface area (Å²) in [7, 11) is 0. The summed E-state index contributed by atoms with van der Waals surface area (Å²) in [4.78, 5) is 23.4. The molecule has 126 valence electrons. The van der Waals surface area contributed by atoms with Crippen molar-refractivity contribution in [3.05, 3.63) is 29.8 Å². The molecule has 0 radical (unpaired) electrons. The summed E-state index contributed by atoms with van der Waals surface area (Å²) in [5.41, 5.74) is 1.21. The number of benzene rings is 1. The van der Waals surface area contributed by atoms with E-state index in [0.29, 0.717) is 18.6 Å². The smallest absolute Gasteiger partial charge is 0.308 e. The van der Waals surface area contributed by atoms with Crippen LogP contribution in [0.5, 0.6) is 5.75 Å². The van der Waals surface area contributed by atoms with E-state index in [1.54, 1.807) is 0 Å². The van der Waals surface area contributed by atoms with Gasteiger partial charge in [-0.2, -0.15) is 0 Å². The van der Waals surface area contributed by atoms with Crippen LogP contribution in [0.3, 0.4) is 0 Å². The molecule has 2 N–H and O–H groups in total. The molecule has 1 saturated carbocycles. The Morgan fingerprint density at radius 1 is 1.17 bits per heavy atom. The van der Waals surface area contributed by atoms with Crippen LogP contribution in [0.15, 0.2) is 24.3 Å². The van der Waals surface area contributed by atoms with Crippen LogP contribution >= 0.6 is 0 Å². The Morgan fingerprint density at radius 3 is 2.52 bits per heavy atom. The van der Waals surface area contributed by atoms with Gasteiger partial charge in [0.25, 0.3) is 5.91 Å². The van der Waals surface area contributed by atoms with Crippen LogP contribution in [0.2, 0.25) is 0 Å². The summed E-state index contributed by atoms with van der Waals surface area (Å²) in [6.07, 6.45) is 5.18. The van der Waals surface area contributed by atoms with Gasteiger partial charge in [0.15, 0.2) is 6.61 Å². The Balaban J connectivity index is 1.85. The van der Waals surface area contributed by atoms with E-state index in [4.69, 9.17) is 4.74 Å². The van der Waals surface area contributed by atoms with E-state index < -0.39 is 11.9 Å². The molecule has 1 fully saturated rings. The molecule has 2 atom stereocenters. The molecule has 0 saturated heterocycles. The number of aryl methyl sites for hydroxylation is 1. The lowest BCUT2D eigenvalue weighted by molar-refractivity contribution is -0.143. The molecule has 5 heteroatoms. The van der Waals surface area contributed by atoms with Gasteiger partial charge in [0, 0.05) is 6.04 Å². The van der Waals surface area contributed by atoms with Crippen molar-refractivity contribution in [2.45, 2.75) is 51.5 Å². The third kappa shape index (κ3) is 5.27. The Morgan fingerprint density at radius 2 is 1.87 bits per heavy atom. The Labute approximate surface area is 137 Å². The van der Waals surface area contributed by atoms with Gasteiger partial charge in [0.1, 0.15) is 5.75 Å². The van der Waals surface area contributed by atoms with Crippen molar-refractivity contribution in [1.29, 1.82) is 0 Å². The van der Waals surface area contributed by atoms with E-state index in [1.165, 1.54) is 5.56 Å². The maximum Gasteiger partial charge on any atom is 0.308 e. The van der Waals surface area contributed by atoms with Crippen LogP contribution in [0.4, 0.5) is 0 Å². The SMILES string of the molecule is CCc1ccc(OCC(=O)N[C@H]2CCCCC[C@H]2C(=O)O)cc1. The molecule has 5 nitrogen and oxygen atoms in total. The first-order valence-electron chi connectivity index (χ1n) is 8.34. The van der Waals surface area contributed by atoms with Crippen molar-refractivity contribution in [3.63, 3.8) is 0 Å². The molecule has 1 aromatic rings. The van der Waals surface area contributed by atoms with Crippen LogP contribution in [-0.2, 0) is 16.0 Å². The Hall–Kier alpha value is -2.04. The third-order valence-electron chi connectivity index (χ3n) is 4.38. The number of rotatable bonds is 6. The lowest BCUT2D eigenvalue weighted by Gasteiger charge is -2.22. The summed E-state index contributed by atoms with van der Waals surface area (Å²) in [6.45, 7) is 1.99. The van der Waals surface area contributed by atoms with Gasteiger partial charge in [-0.05, 0) is 37.0 Å². The predicted molar refractivity (Wildman–Crippen MR) is 87.5 cm³/mol. The summed E-state index contributed by atoms with van der Waals surface area (Å²) in [5.74, 6) is -0.936. The monoisotopic (exact) mass is 319 g/mol. The fraction of sp³-hybridized carbons (Fsp3) is 0.556. The van der Waals surface area contributed by atoms with Gasteiger partial charge in [-0.25, -0.2) is 0 Å². The van der Waals surface area contributed by atoms with E-state index in [2.05, 4.69) is 12.2 Å². The van der Waals surface area contributed by atoms with Gasteiger partial charge in [0.2, 0.25) is 0 Å². The maximum atomic E-state index is 12.1. The highest BCUT2D eigenvalue weighted by molar-refractivity contribution is 5.79. The van der Waals surface area contributed by atoms with Gasteiger partial charge in [0.05, 0.1) is 5.92 Å². The molecule has 2 rings (SSSR count). The van der Waals surface area contributed by atoms with Gasteiger partial charge in [-0.3, -0.25) is 9.59 Å². The Bertz CT molecular complexity index is 526. The van der Waals surface area contributed by atoms with Gasteiger partial charge in [-0.1, -0.05) is 38.3 Å². The molecule has 1 amide bonds. The first kappa shape index (κ1) is 17.3. The third-order valence-corrected chi connectivity index (χ3v) is 4.38. The molecule has 23 heavy (non-hydrogen) atoms. The first-order valence-corrected chi connectivity index (χ1v) is 8.34. The average molecular weight is 319 g/mol. The second kappa shape index (κ2) is 8.56. The highest BCUT2D eigenvalue weighted by Crippen LogP contribution is 2.23. The molecular weight excluding hydrogens is 294 g/mol. The zero-order chi connectivity index (χ0) is 16.7. The normalized spacial score (nSPS) is 21.3. The molecule has 1 aliphatic rings. The van der Waals surface area contributed by atoms with Gasteiger partial charge >= 0.3 is 5.97 Å². The number of carbonyl (C=O) groups excluding carboxylic acids is 1. The fourth-order valence-corrected chi connectivity index (χ4v) is 2.99. The molecule has 0 unspecified atom stereocenters.